The fourth-order valence-corrected chi connectivity index (χ4v) is 3.11. The second-order valence-corrected chi connectivity index (χ2v) is 6.97. The van der Waals surface area contributed by atoms with Gasteiger partial charge in [-0.05, 0) is 32.3 Å². The fourth-order valence-electron chi connectivity index (χ4n) is 3.11. The van der Waals surface area contributed by atoms with Gasteiger partial charge in [-0.1, -0.05) is 43.2 Å². The number of carboxylic acids is 1. The molecule has 0 heterocycles. The van der Waals surface area contributed by atoms with Crippen molar-refractivity contribution >= 4 is 17.9 Å². The average molecular weight is 361 g/mol. The normalized spacial score (nSPS) is 17.8. The minimum atomic E-state index is -0.979. The molecule has 1 aromatic carbocycles. The number of urea groups is 1. The lowest BCUT2D eigenvalue weighted by Gasteiger charge is -2.31. The van der Waals surface area contributed by atoms with Crippen LogP contribution in [0, 0.1) is 5.92 Å². The highest BCUT2D eigenvalue weighted by Crippen LogP contribution is 2.30. The van der Waals surface area contributed by atoms with E-state index in [4.69, 9.17) is 5.11 Å². The van der Waals surface area contributed by atoms with E-state index in [1.54, 1.807) is 13.8 Å². The third-order valence-corrected chi connectivity index (χ3v) is 5.04. The highest BCUT2D eigenvalue weighted by atomic mass is 16.4. The summed E-state index contributed by atoms with van der Waals surface area (Å²) >= 11 is 0. The molecule has 1 saturated carbocycles. The minimum Gasteiger partial charge on any atom is -0.481 e. The maximum atomic E-state index is 12.8. The number of carboxylic acid groups (broad SMARTS) is 1. The van der Waals surface area contributed by atoms with Gasteiger partial charge in [0, 0.05) is 12.6 Å². The van der Waals surface area contributed by atoms with Crippen LogP contribution in [0.15, 0.2) is 30.3 Å². The van der Waals surface area contributed by atoms with Gasteiger partial charge in [0.25, 0.3) is 0 Å². The Morgan fingerprint density at radius 1 is 1.12 bits per heavy atom. The zero-order chi connectivity index (χ0) is 19.2. The van der Waals surface area contributed by atoms with E-state index in [1.165, 1.54) is 0 Å². The van der Waals surface area contributed by atoms with Crippen molar-refractivity contribution in [1.29, 1.82) is 0 Å². The molecule has 0 spiro atoms. The number of carbonyl (C=O) groups excluding carboxylic acids is 2. The highest BCUT2D eigenvalue weighted by Gasteiger charge is 2.43. The van der Waals surface area contributed by atoms with Crippen LogP contribution in [0.2, 0.25) is 0 Å². The van der Waals surface area contributed by atoms with Gasteiger partial charge in [0.05, 0.1) is 5.92 Å². The summed E-state index contributed by atoms with van der Waals surface area (Å²) in [5.41, 5.74) is -0.00995. The van der Waals surface area contributed by atoms with Crippen LogP contribution in [0.3, 0.4) is 0 Å². The largest absolute Gasteiger partial charge is 0.481 e. The molecule has 0 bridgehead atoms. The van der Waals surface area contributed by atoms with E-state index in [-0.39, 0.29) is 5.91 Å². The Kier molecular flexibility index (Phi) is 6.60. The lowest BCUT2D eigenvalue weighted by molar-refractivity contribution is -0.142. The van der Waals surface area contributed by atoms with Crippen molar-refractivity contribution in [2.45, 2.75) is 57.7 Å². The SMILES string of the molecule is CC(NC(=O)C1(NC(=O)NCc2ccccc2)CCCC1)C(C)C(=O)O. The number of carbonyl (C=O) groups is 3. The Morgan fingerprint density at radius 2 is 1.73 bits per heavy atom. The van der Waals surface area contributed by atoms with Gasteiger partial charge in [0.15, 0.2) is 0 Å². The average Bonchev–Trinajstić information content (AvgIpc) is 3.09. The molecule has 0 aliphatic heterocycles. The zero-order valence-corrected chi connectivity index (χ0v) is 15.2. The Balaban J connectivity index is 1.96. The lowest BCUT2D eigenvalue weighted by Crippen LogP contribution is -2.61. The summed E-state index contributed by atoms with van der Waals surface area (Å²) in [6.07, 6.45) is 2.78. The monoisotopic (exact) mass is 361 g/mol. The first-order chi connectivity index (χ1) is 12.3. The molecule has 1 fully saturated rings. The van der Waals surface area contributed by atoms with Gasteiger partial charge in [-0.15, -0.1) is 0 Å². The molecule has 4 N–H and O–H groups in total. The summed E-state index contributed by atoms with van der Waals surface area (Å²) in [6, 6.07) is 8.59. The molecule has 142 valence electrons. The first-order valence-corrected chi connectivity index (χ1v) is 8.98. The molecule has 1 aliphatic carbocycles. The number of benzene rings is 1. The van der Waals surface area contributed by atoms with Crippen LogP contribution in [-0.4, -0.2) is 34.6 Å². The van der Waals surface area contributed by atoms with Crippen LogP contribution in [0.4, 0.5) is 4.79 Å². The number of nitrogens with one attached hydrogen (secondary N) is 3. The third kappa shape index (κ3) is 4.97. The Hall–Kier alpha value is -2.57. The first kappa shape index (κ1) is 19.8. The van der Waals surface area contributed by atoms with E-state index in [1.807, 2.05) is 30.3 Å². The van der Waals surface area contributed by atoms with Gasteiger partial charge in [-0.25, -0.2) is 4.79 Å². The van der Waals surface area contributed by atoms with Gasteiger partial charge < -0.3 is 21.1 Å². The number of aliphatic carboxylic acids is 1. The summed E-state index contributed by atoms with van der Waals surface area (Å²) in [5.74, 6) is -1.98. The highest BCUT2D eigenvalue weighted by molar-refractivity contribution is 5.91. The maximum Gasteiger partial charge on any atom is 0.315 e. The summed E-state index contributed by atoms with van der Waals surface area (Å²) in [6.45, 7) is 3.58. The van der Waals surface area contributed by atoms with E-state index < -0.39 is 29.5 Å². The molecular formula is C19H27N3O4. The van der Waals surface area contributed by atoms with Crippen LogP contribution in [0.25, 0.3) is 0 Å². The smallest absolute Gasteiger partial charge is 0.315 e. The molecule has 7 heteroatoms. The van der Waals surface area contributed by atoms with E-state index in [9.17, 15) is 14.4 Å². The maximum absolute atomic E-state index is 12.8. The van der Waals surface area contributed by atoms with Crippen molar-refractivity contribution in [2.75, 3.05) is 0 Å². The number of hydrogen-bond acceptors (Lipinski definition) is 3. The van der Waals surface area contributed by atoms with Crippen molar-refractivity contribution < 1.29 is 19.5 Å². The van der Waals surface area contributed by atoms with E-state index in [0.29, 0.717) is 19.4 Å². The van der Waals surface area contributed by atoms with E-state index in [0.717, 1.165) is 18.4 Å². The van der Waals surface area contributed by atoms with E-state index in [2.05, 4.69) is 16.0 Å². The standard InChI is InChI=1S/C19H27N3O4/c1-13(16(23)24)14(2)21-17(25)19(10-6-7-11-19)22-18(26)20-12-15-8-4-3-5-9-15/h3-5,8-9,13-14H,6-7,10-12H2,1-2H3,(H,21,25)(H,23,24)(H2,20,22,26). The second-order valence-electron chi connectivity index (χ2n) is 6.97. The molecule has 26 heavy (non-hydrogen) atoms. The molecule has 0 radical (unpaired) electrons. The number of rotatable bonds is 7. The van der Waals surface area contributed by atoms with Crippen LogP contribution < -0.4 is 16.0 Å². The van der Waals surface area contributed by atoms with E-state index >= 15 is 0 Å². The minimum absolute atomic E-state index is 0.314. The molecule has 7 nitrogen and oxygen atoms in total. The Morgan fingerprint density at radius 3 is 2.31 bits per heavy atom. The summed E-state index contributed by atoms with van der Waals surface area (Å²) in [4.78, 5) is 36.2. The number of hydrogen-bond donors (Lipinski definition) is 4. The van der Waals surface area contributed by atoms with Gasteiger partial charge in [-0.3, -0.25) is 9.59 Å². The summed E-state index contributed by atoms with van der Waals surface area (Å²) < 4.78 is 0. The van der Waals surface area contributed by atoms with Gasteiger partial charge >= 0.3 is 12.0 Å². The summed E-state index contributed by atoms with van der Waals surface area (Å²) in [5, 5.41) is 17.5. The van der Waals surface area contributed by atoms with Crippen molar-refractivity contribution in [2.24, 2.45) is 5.92 Å². The van der Waals surface area contributed by atoms with Crippen molar-refractivity contribution in [3.05, 3.63) is 35.9 Å². The van der Waals surface area contributed by atoms with Crippen LogP contribution in [-0.2, 0) is 16.1 Å². The topological polar surface area (TPSA) is 108 Å². The quantitative estimate of drug-likeness (QED) is 0.596. The van der Waals surface area contributed by atoms with Crippen molar-refractivity contribution in [3.8, 4) is 0 Å². The predicted molar refractivity (Wildman–Crippen MR) is 97.4 cm³/mol. The van der Waals surface area contributed by atoms with Crippen molar-refractivity contribution in [3.63, 3.8) is 0 Å². The van der Waals surface area contributed by atoms with Crippen LogP contribution in [0.5, 0.6) is 0 Å². The zero-order valence-electron chi connectivity index (χ0n) is 15.2. The van der Waals surface area contributed by atoms with Crippen LogP contribution in [0.1, 0.15) is 45.1 Å². The molecule has 1 aliphatic rings. The summed E-state index contributed by atoms with van der Waals surface area (Å²) in [7, 11) is 0. The molecule has 1 aromatic rings. The molecule has 0 saturated heterocycles. The molecule has 3 amide bonds. The second kappa shape index (κ2) is 8.69. The molecule has 0 aromatic heterocycles. The van der Waals surface area contributed by atoms with Gasteiger partial charge in [0.2, 0.25) is 5.91 Å². The van der Waals surface area contributed by atoms with Crippen molar-refractivity contribution in [1.82, 2.24) is 16.0 Å². The fraction of sp³-hybridized carbons (Fsp3) is 0.526. The molecule has 2 atom stereocenters. The molecule has 2 unspecified atom stereocenters. The number of amides is 3. The Bertz CT molecular complexity index is 641. The third-order valence-electron chi connectivity index (χ3n) is 5.04. The lowest BCUT2D eigenvalue weighted by atomic mass is 9.94. The van der Waals surface area contributed by atoms with Gasteiger partial charge in [-0.2, -0.15) is 0 Å². The first-order valence-electron chi connectivity index (χ1n) is 8.98. The molecular weight excluding hydrogens is 334 g/mol. The van der Waals surface area contributed by atoms with Gasteiger partial charge in [0.1, 0.15) is 5.54 Å². The molecule has 2 rings (SSSR count). The Labute approximate surface area is 153 Å². The predicted octanol–water partition coefficient (Wildman–Crippen LogP) is 2.02. The van der Waals surface area contributed by atoms with Crippen LogP contribution >= 0.6 is 0 Å².